The third-order valence-corrected chi connectivity index (χ3v) is 2.67. The van der Waals surface area contributed by atoms with Crippen LogP contribution >= 0.6 is 0 Å². The van der Waals surface area contributed by atoms with Crippen LogP contribution in [0.3, 0.4) is 0 Å². The first kappa shape index (κ1) is 10.2. The molecule has 2 heteroatoms. The number of ether oxygens (including phenoxy) is 2. The van der Waals surface area contributed by atoms with Gasteiger partial charge in [-0.1, -0.05) is 19.6 Å². The molecule has 2 unspecified atom stereocenters. The average Bonchev–Trinajstić information content (AvgIpc) is 2.59. The van der Waals surface area contributed by atoms with Gasteiger partial charge in [0.15, 0.2) is 0 Å². The molecule has 0 aromatic rings. The summed E-state index contributed by atoms with van der Waals surface area (Å²) >= 11 is 0. The first-order valence-corrected chi connectivity index (χ1v) is 4.83. The topological polar surface area (TPSA) is 18.5 Å². The van der Waals surface area contributed by atoms with E-state index in [2.05, 4.69) is 13.2 Å². The van der Waals surface area contributed by atoms with Gasteiger partial charge in [0.25, 0.3) is 0 Å². The average molecular weight is 182 g/mol. The van der Waals surface area contributed by atoms with E-state index in [1.54, 1.807) is 0 Å². The molecule has 0 radical (unpaired) electrons. The molecule has 1 rings (SSSR count). The molecule has 2 nitrogen and oxygen atoms in total. The number of hydrogen-bond donors (Lipinski definition) is 0. The van der Waals surface area contributed by atoms with Gasteiger partial charge in [0, 0.05) is 0 Å². The molecular weight excluding hydrogens is 164 g/mol. The van der Waals surface area contributed by atoms with Crippen LogP contribution in [0.25, 0.3) is 0 Å². The van der Waals surface area contributed by atoms with Crippen molar-refractivity contribution >= 4 is 0 Å². The molecular formula is C11H18O2. The Labute approximate surface area is 80.2 Å². The molecule has 0 aromatic carbocycles. The quantitative estimate of drug-likeness (QED) is 0.588. The molecule has 0 bridgehead atoms. The lowest BCUT2D eigenvalue weighted by molar-refractivity contribution is 0.119. The maximum atomic E-state index is 5.21. The van der Waals surface area contributed by atoms with E-state index in [9.17, 15) is 0 Å². The summed E-state index contributed by atoms with van der Waals surface area (Å²) in [6.45, 7) is 8.65. The molecule has 0 heterocycles. The molecule has 0 amide bonds. The Morgan fingerprint density at radius 3 is 1.85 bits per heavy atom. The number of hydrogen-bond acceptors (Lipinski definition) is 2. The fourth-order valence-electron chi connectivity index (χ4n) is 1.94. The largest absolute Gasteiger partial charge is 0.502 e. The van der Waals surface area contributed by atoms with Crippen LogP contribution in [-0.4, -0.2) is 13.2 Å². The minimum absolute atomic E-state index is 0.637. The van der Waals surface area contributed by atoms with Gasteiger partial charge in [0.2, 0.25) is 0 Å². The van der Waals surface area contributed by atoms with Gasteiger partial charge in [-0.2, -0.15) is 0 Å². The minimum Gasteiger partial charge on any atom is -0.502 e. The predicted octanol–water partition coefficient (Wildman–Crippen LogP) is 2.72. The maximum absolute atomic E-state index is 5.21. The second-order valence-corrected chi connectivity index (χ2v) is 3.45. The summed E-state index contributed by atoms with van der Waals surface area (Å²) < 4.78 is 10.4. The first-order chi connectivity index (χ1) is 6.38. The van der Waals surface area contributed by atoms with Crippen LogP contribution in [-0.2, 0) is 9.47 Å². The molecule has 0 saturated heterocycles. The van der Waals surface area contributed by atoms with Crippen molar-refractivity contribution in [1.29, 1.82) is 0 Å². The highest BCUT2D eigenvalue weighted by molar-refractivity contribution is 4.78. The van der Waals surface area contributed by atoms with Crippen LogP contribution in [0.5, 0.6) is 0 Å². The molecule has 13 heavy (non-hydrogen) atoms. The molecule has 74 valence electrons. The van der Waals surface area contributed by atoms with Gasteiger partial charge < -0.3 is 9.47 Å². The van der Waals surface area contributed by atoms with E-state index in [0.29, 0.717) is 11.8 Å². The van der Waals surface area contributed by atoms with Gasteiger partial charge >= 0.3 is 0 Å². The van der Waals surface area contributed by atoms with Crippen LogP contribution in [0.2, 0.25) is 0 Å². The summed E-state index contributed by atoms with van der Waals surface area (Å²) in [7, 11) is 0. The molecule has 1 fully saturated rings. The van der Waals surface area contributed by atoms with Gasteiger partial charge in [-0.3, -0.25) is 0 Å². The van der Waals surface area contributed by atoms with Crippen molar-refractivity contribution in [1.82, 2.24) is 0 Å². The molecule has 2 atom stereocenters. The van der Waals surface area contributed by atoms with Crippen LogP contribution in [0.1, 0.15) is 19.3 Å². The zero-order chi connectivity index (χ0) is 9.52. The lowest BCUT2D eigenvalue weighted by Crippen LogP contribution is -2.17. The van der Waals surface area contributed by atoms with Gasteiger partial charge in [0.05, 0.1) is 25.7 Å². The SMILES string of the molecule is C=COCC1CCCC1COC=C. The van der Waals surface area contributed by atoms with Gasteiger partial charge in [-0.15, -0.1) is 0 Å². The van der Waals surface area contributed by atoms with Crippen molar-refractivity contribution in [3.8, 4) is 0 Å². The van der Waals surface area contributed by atoms with E-state index in [1.807, 2.05) is 0 Å². The molecule has 0 N–H and O–H groups in total. The Morgan fingerprint density at radius 1 is 1.00 bits per heavy atom. The smallest absolute Gasteiger partial charge is 0.0905 e. The fourth-order valence-corrected chi connectivity index (χ4v) is 1.94. The third kappa shape index (κ3) is 3.13. The summed E-state index contributed by atoms with van der Waals surface area (Å²) in [6, 6.07) is 0. The van der Waals surface area contributed by atoms with E-state index >= 15 is 0 Å². The summed E-state index contributed by atoms with van der Waals surface area (Å²) in [5.41, 5.74) is 0. The third-order valence-electron chi connectivity index (χ3n) is 2.67. The van der Waals surface area contributed by atoms with Crippen molar-refractivity contribution in [2.75, 3.05) is 13.2 Å². The zero-order valence-electron chi connectivity index (χ0n) is 8.08. The van der Waals surface area contributed by atoms with Crippen molar-refractivity contribution in [3.63, 3.8) is 0 Å². The van der Waals surface area contributed by atoms with E-state index in [1.165, 1.54) is 31.8 Å². The van der Waals surface area contributed by atoms with Crippen molar-refractivity contribution in [2.24, 2.45) is 11.8 Å². The van der Waals surface area contributed by atoms with Gasteiger partial charge in [0.1, 0.15) is 0 Å². The first-order valence-electron chi connectivity index (χ1n) is 4.83. The lowest BCUT2D eigenvalue weighted by Gasteiger charge is -2.17. The van der Waals surface area contributed by atoms with Crippen molar-refractivity contribution in [3.05, 3.63) is 25.7 Å². The summed E-state index contributed by atoms with van der Waals surface area (Å²) in [6.07, 6.45) is 6.82. The maximum Gasteiger partial charge on any atom is 0.0905 e. The summed E-state index contributed by atoms with van der Waals surface area (Å²) in [5.74, 6) is 1.27. The molecule has 1 aliphatic carbocycles. The normalized spacial score (nSPS) is 26.8. The summed E-state index contributed by atoms with van der Waals surface area (Å²) in [4.78, 5) is 0. The Kier molecular flexibility index (Phi) is 4.44. The molecule has 1 saturated carbocycles. The number of rotatable bonds is 6. The van der Waals surface area contributed by atoms with Gasteiger partial charge in [-0.05, 0) is 24.7 Å². The van der Waals surface area contributed by atoms with E-state index < -0.39 is 0 Å². The van der Waals surface area contributed by atoms with E-state index in [4.69, 9.17) is 9.47 Å². The lowest BCUT2D eigenvalue weighted by atomic mass is 9.98. The van der Waals surface area contributed by atoms with Crippen LogP contribution in [0.4, 0.5) is 0 Å². The van der Waals surface area contributed by atoms with Crippen molar-refractivity contribution < 1.29 is 9.47 Å². The standard InChI is InChI=1S/C11H18O2/c1-3-12-8-10-6-5-7-11(10)9-13-4-2/h3-4,10-11H,1-2,5-9H2. The Hall–Kier alpha value is -0.920. The molecule has 0 spiro atoms. The fraction of sp³-hybridized carbons (Fsp3) is 0.636. The highest BCUT2D eigenvalue weighted by Crippen LogP contribution is 2.32. The van der Waals surface area contributed by atoms with Crippen molar-refractivity contribution in [2.45, 2.75) is 19.3 Å². The molecule has 1 aliphatic rings. The van der Waals surface area contributed by atoms with Crippen LogP contribution in [0.15, 0.2) is 25.7 Å². The van der Waals surface area contributed by atoms with Gasteiger partial charge in [-0.25, -0.2) is 0 Å². The highest BCUT2D eigenvalue weighted by atomic mass is 16.5. The Balaban J connectivity index is 2.25. The summed E-state index contributed by atoms with van der Waals surface area (Å²) in [5, 5.41) is 0. The monoisotopic (exact) mass is 182 g/mol. The second-order valence-electron chi connectivity index (χ2n) is 3.45. The van der Waals surface area contributed by atoms with Crippen LogP contribution < -0.4 is 0 Å². The predicted molar refractivity (Wildman–Crippen MR) is 53.1 cm³/mol. The zero-order valence-corrected chi connectivity index (χ0v) is 8.08. The molecule has 0 aromatic heterocycles. The van der Waals surface area contributed by atoms with E-state index in [0.717, 1.165) is 13.2 Å². The minimum atomic E-state index is 0.637. The second kappa shape index (κ2) is 5.68. The molecule has 0 aliphatic heterocycles. The Bertz CT molecular complexity index is 147. The highest BCUT2D eigenvalue weighted by Gasteiger charge is 2.27. The Morgan fingerprint density at radius 2 is 1.46 bits per heavy atom. The van der Waals surface area contributed by atoms with Crippen LogP contribution in [0, 0.1) is 11.8 Å². The van der Waals surface area contributed by atoms with E-state index in [-0.39, 0.29) is 0 Å².